The maximum absolute atomic E-state index is 13.3. The van der Waals surface area contributed by atoms with Crippen LogP contribution in [0.4, 0.5) is 10.2 Å². The van der Waals surface area contributed by atoms with Gasteiger partial charge in [0.15, 0.2) is 11.5 Å². The number of hydrogen-bond donors (Lipinski definition) is 1. The molecule has 9 heteroatoms. The molecule has 0 fully saturated rings. The normalized spacial score (nSPS) is 15.0. The summed E-state index contributed by atoms with van der Waals surface area (Å²) < 4.78 is 37.4. The third-order valence-corrected chi connectivity index (χ3v) is 6.02. The second-order valence-corrected chi connectivity index (χ2v) is 8.26. The van der Waals surface area contributed by atoms with E-state index < -0.39 is 10.8 Å². The number of amides is 1. The van der Waals surface area contributed by atoms with E-state index in [0.717, 1.165) is 11.1 Å². The molecule has 0 saturated carbocycles. The van der Waals surface area contributed by atoms with Gasteiger partial charge in [0.1, 0.15) is 11.6 Å². The van der Waals surface area contributed by atoms with E-state index in [1.54, 1.807) is 42.1 Å². The number of aromatic nitrogens is 2. The Morgan fingerprint density at radius 2 is 1.87 bits per heavy atom. The van der Waals surface area contributed by atoms with Crippen LogP contribution < -0.4 is 14.8 Å². The topological polar surface area (TPSA) is 82.5 Å². The van der Waals surface area contributed by atoms with Crippen LogP contribution in [0.15, 0.2) is 42.5 Å². The zero-order valence-electron chi connectivity index (χ0n) is 16.5. The number of nitrogens with one attached hydrogen (secondary N) is 1. The third kappa shape index (κ3) is 3.93. The average Bonchev–Trinajstić information content (AvgIpc) is 3.25. The highest BCUT2D eigenvalue weighted by Crippen LogP contribution is 2.32. The molecule has 1 atom stereocenters. The Hall–Kier alpha value is -3.20. The summed E-state index contributed by atoms with van der Waals surface area (Å²) in [4.78, 5) is 12.8. The monoisotopic (exact) mass is 429 g/mol. The molecule has 2 aromatic carbocycles. The molecule has 4 rings (SSSR count). The fourth-order valence-corrected chi connectivity index (χ4v) is 4.64. The second-order valence-electron chi connectivity index (χ2n) is 6.80. The van der Waals surface area contributed by atoms with E-state index in [1.807, 2.05) is 0 Å². The molecule has 0 spiro atoms. The highest BCUT2D eigenvalue weighted by atomic mass is 32.2. The lowest BCUT2D eigenvalue weighted by Gasteiger charge is -2.12. The Morgan fingerprint density at radius 3 is 2.57 bits per heavy atom. The number of benzene rings is 2. The molecule has 1 N–H and O–H groups in total. The van der Waals surface area contributed by atoms with Crippen LogP contribution in [0, 0.1) is 5.82 Å². The first-order chi connectivity index (χ1) is 14.5. The highest BCUT2D eigenvalue weighted by Gasteiger charge is 2.28. The van der Waals surface area contributed by atoms with Crippen LogP contribution in [0.5, 0.6) is 11.5 Å². The smallest absolute Gasteiger partial charge is 0.229 e. The maximum Gasteiger partial charge on any atom is 0.229 e. The molecule has 0 bridgehead atoms. The van der Waals surface area contributed by atoms with Crippen LogP contribution in [-0.2, 0) is 33.5 Å². The van der Waals surface area contributed by atoms with Crippen LogP contribution >= 0.6 is 0 Å². The number of halogens is 1. The lowest BCUT2D eigenvalue weighted by molar-refractivity contribution is -0.115. The number of carbonyl (C=O) groups excluding carboxylic acids is 1. The van der Waals surface area contributed by atoms with Crippen molar-refractivity contribution < 1.29 is 22.9 Å². The first kappa shape index (κ1) is 20.1. The molecule has 30 heavy (non-hydrogen) atoms. The first-order valence-corrected chi connectivity index (χ1v) is 10.7. The van der Waals surface area contributed by atoms with E-state index >= 15 is 0 Å². The molecule has 1 aliphatic heterocycles. The number of anilines is 1. The Bertz CT molecular complexity index is 1130. The molecule has 0 radical (unpaired) electrons. The Balaban J connectivity index is 1.61. The van der Waals surface area contributed by atoms with Crippen molar-refractivity contribution in [2.45, 2.75) is 17.9 Å². The predicted molar refractivity (Wildman–Crippen MR) is 111 cm³/mol. The van der Waals surface area contributed by atoms with E-state index in [4.69, 9.17) is 9.47 Å². The van der Waals surface area contributed by atoms with Gasteiger partial charge in [-0.15, -0.1) is 0 Å². The van der Waals surface area contributed by atoms with Crippen LogP contribution in [0.1, 0.15) is 16.8 Å². The molecule has 156 valence electrons. The Morgan fingerprint density at radius 1 is 1.13 bits per heavy atom. The molecule has 2 heterocycles. The van der Waals surface area contributed by atoms with Gasteiger partial charge in [0, 0.05) is 16.4 Å². The fraction of sp³-hybridized carbons (Fsp3) is 0.238. The maximum atomic E-state index is 13.3. The van der Waals surface area contributed by atoms with Gasteiger partial charge in [0.25, 0.3) is 0 Å². The standard InChI is InChI=1S/C21H20FN3O4S/c1-28-18-8-3-13(9-19(18)29-2)10-20(26)23-21-16-11-30(27)12-17(16)24-25(21)15-6-4-14(22)5-7-15/h3-9H,10-12H2,1-2H3,(H,23,26). The molecule has 1 amide bonds. The van der Waals surface area contributed by atoms with Crippen LogP contribution in [0.25, 0.3) is 5.69 Å². The van der Waals surface area contributed by atoms with E-state index in [2.05, 4.69) is 10.4 Å². The minimum atomic E-state index is -1.05. The fourth-order valence-electron chi connectivity index (χ4n) is 3.38. The van der Waals surface area contributed by atoms with Gasteiger partial charge >= 0.3 is 0 Å². The molecule has 1 aromatic heterocycles. The van der Waals surface area contributed by atoms with E-state index in [9.17, 15) is 13.4 Å². The molecule has 7 nitrogen and oxygen atoms in total. The van der Waals surface area contributed by atoms with Crippen molar-refractivity contribution in [1.82, 2.24) is 9.78 Å². The average molecular weight is 429 g/mol. The summed E-state index contributed by atoms with van der Waals surface area (Å²) in [5, 5.41) is 7.40. The van der Waals surface area contributed by atoms with Gasteiger partial charge < -0.3 is 14.8 Å². The van der Waals surface area contributed by atoms with E-state index in [1.165, 1.54) is 19.2 Å². The number of ether oxygens (including phenoxy) is 2. The summed E-state index contributed by atoms with van der Waals surface area (Å²) in [6.45, 7) is 0. The van der Waals surface area contributed by atoms with Crippen LogP contribution in [0.3, 0.4) is 0 Å². The van der Waals surface area contributed by atoms with Gasteiger partial charge in [0.2, 0.25) is 5.91 Å². The minimum Gasteiger partial charge on any atom is -0.493 e. The summed E-state index contributed by atoms with van der Waals surface area (Å²) in [6.07, 6.45) is 0.104. The number of hydrogen-bond acceptors (Lipinski definition) is 5. The van der Waals surface area contributed by atoms with Crippen molar-refractivity contribution >= 4 is 22.5 Å². The SMILES string of the molecule is COc1ccc(CC(=O)Nc2c3c(nn2-c2ccc(F)cc2)CS(=O)C3)cc1OC. The van der Waals surface area contributed by atoms with E-state index in [-0.39, 0.29) is 18.1 Å². The van der Waals surface area contributed by atoms with Crippen molar-refractivity contribution in [3.8, 4) is 17.2 Å². The minimum absolute atomic E-state index is 0.104. The lowest BCUT2D eigenvalue weighted by atomic mass is 10.1. The number of carbonyl (C=O) groups is 1. The van der Waals surface area contributed by atoms with Gasteiger partial charge in [0.05, 0.1) is 43.5 Å². The van der Waals surface area contributed by atoms with Crippen molar-refractivity contribution in [3.63, 3.8) is 0 Å². The van der Waals surface area contributed by atoms with Gasteiger partial charge in [-0.2, -0.15) is 5.10 Å². The quantitative estimate of drug-likeness (QED) is 0.652. The second kappa shape index (κ2) is 8.27. The predicted octanol–water partition coefficient (Wildman–Crippen LogP) is 2.97. The summed E-state index contributed by atoms with van der Waals surface area (Å²) in [5.41, 5.74) is 2.79. The molecular weight excluding hydrogens is 409 g/mol. The molecule has 1 unspecified atom stereocenters. The lowest BCUT2D eigenvalue weighted by Crippen LogP contribution is -2.18. The number of fused-ring (bicyclic) bond motifs is 1. The van der Waals surface area contributed by atoms with Gasteiger partial charge in [-0.05, 0) is 42.0 Å². The first-order valence-electron chi connectivity index (χ1n) is 9.21. The van der Waals surface area contributed by atoms with Crippen LogP contribution in [0.2, 0.25) is 0 Å². The highest BCUT2D eigenvalue weighted by molar-refractivity contribution is 7.83. The summed E-state index contributed by atoms with van der Waals surface area (Å²) in [7, 11) is 2.04. The number of methoxy groups -OCH3 is 2. The van der Waals surface area contributed by atoms with Gasteiger partial charge in [-0.1, -0.05) is 6.07 Å². The molecule has 0 saturated heterocycles. The molecule has 1 aliphatic rings. The Labute approximate surface area is 175 Å². The number of nitrogens with zero attached hydrogens (tertiary/aromatic N) is 2. The molecular formula is C21H20FN3O4S. The van der Waals surface area contributed by atoms with Crippen molar-refractivity contribution in [1.29, 1.82) is 0 Å². The molecule has 3 aromatic rings. The zero-order chi connectivity index (χ0) is 21.3. The summed E-state index contributed by atoms with van der Waals surface area (Å²) >= 11 is 0. The number of rotatable bonds is 6. The Kier molecular flexibility index (Phi) is 5.54. The van der Waals surface area contributed by atoms with Gasteiger partial charge in [-0.25, -0.2) is 9.07 Å². The zero-order valence-corrected chi connectivity index (χ0v) is 17.3. The van der Waals surface area contributed by atoms with Crippen molar-refractivity contribution in [2.75, 3.05) is 19.5 Å². The summed E-state index contributed by atoms with van der Waals surface area (Å²) in [5.74, 6) is 1.62. The largest absolute Gasteiger partial charge is 0.493 e. The third-order valence-electron chi connectivity index (χ3n) is 4.81. The molecule has 0 aliphatic carbocycles. The van der Waals surface area contributed by atoms with Crippen LogP contribution in [-0.4, -0.2) is 34.1 Å². The van der Waals surface area contributed by atoms with Crippen molar-refractivity contribution in [3.05, 3.63) is 65.1 Å². The van der Waals surface area contributed by atoms with Gasteiger partial charge in [-0.3, -0.25) is 9.00 Å². The van der Waals surface area contributed by atoms with E-state index in [0.29, 0.717) is 40.2 Å². The summed E-state index contributed by atoms with van der Waals surface area (Å²) in [6, 6.07) is 11.1. The van der Waals surface area contributed by atoms with Crippen molar-refractivity contribution in [2.24, 2.45) is 0 Å².